The first-order valence-electron chi connectivity index (χ1n) is 14.9. The van der Waals surface area contributed by atoms with E-state index in [1.165, 1.54) is 0 Å². The zero-order chi connectivity index (χ0) is 28.5. The number of likely N-dealkylation sites (tertiary alicyclic amines) is 4. The maximum Gasteiger partial charge on any atom is 0.246 e. The number of likely N-dealkylation sites (N-methyl/N-ethyl adjacent to an activating group) is 1. The molecule has 4 aliphatic rings. The molecule has 0 bridgehead atoms. The largest absolute Gasteiger partial charge is 0.344 e. The first kappa shape index (κ1) is 29.3. The summed E-state index contributed by atoms with van der Waals surface area (Å²) >= 11 is 0. The fourth-order valence-electron chi connectivity index (χ4n) is 6.83. The molecule has 39 heavy (non-hydrogen) atoms. The molecule has 4 saturated heterocycles. The van der Waals surface area contributed by atoms with Crippen molar-refractivity contribution >= 4 is 29.5 Å². The van der Waals surface area contributed by atoms with Gasteiger partial charge in [0.25, 0.3) is 0 Å². The van der Waals surface area contributed by atoms with E-state index in [0.717, 1.165) is 32.1 Å². The van der Waals surface area contributed by atoms with E-state index in [0.29, 0.717) is 58.4 Å². The van der Waals surface area contributed by atoms with Crippen molar-refractivity contribution in [3.8, 4) is 0 Å². The van der Waals surface area contributed by atoms with Gasteiger partial charge in [-0.2, -0.15) is 0 Å². The van der Waals surface area contributed by atoms with Crippen LogP contribution in [-0.4, -0.2) is 118 Å². The van der Waals surface area contributed by atoms with Crippen molar-refractivity contribution in [3.63, 3.8) is 0 Å². The lowest BCUT2D eigenvalue weighted by Crippen LogP contribution is -2.57. The van der Waals surface area contributed by atoms with Crippen molar-refractivity contribution in [2.24, 2.45) is 5.41 Å². The van der Waals surface area contributed by atoms with E-state index in [2.05, 4.69) is 0 Å². The van der Waals surface area contributed by atoms with Gasteiger partial charge in [0.15, 0.2) is 0 Å². The highest BCUT2D eigenvalue weighted by Gasteiger charge is 2.48. The molecular weight excluding hydrogens is 498 g/mol. The quantitative estimate of drug-likeness (QED) is 0.507. The Balaban J connectivity index is 1.46. The lowest BCUT2D eigenvalue weighted by Gasteiger charge is -2.36. The molecule has 4 rings (SSSR count). The summed E-state index contributed by atoms with van der Waals surface area (Å²) < 4.78 is 0. The molecule has 0 aromatic heterocycles. The van der Waals surface area contributed by atoms with E-state index in [1.807, 2.05) is 27.7 Å². The Kier molecular flexibility index (Phi) is 8.91. The maximum absolute atomic E-state index is 13.9. The zero-order valence-electron chi connectivity index (χ0n) is 24.5. The predicted octanol–water partition coefficient (Wildman–Crippen LogP) is 1.86. The number of amides is 5. The molecule has 218 valence electrons. The summed E-state index contributed by atoms with van der Waals surface area (Å²) in [6.45, 7) is 10.3. The van der Waals surface area contributed by atoms with Gasteiger partial charge in [-0.3, -0.25) is 24.0 Å². The minimum atomic E-state index is -0.607. The Morgan fingerprint density at radius 1 is 0.641 bits per heavy atom. The van der Waals surface area contributed by atoms with Crippen molar-refractivity contribution in [2.45, 2.75) is 110 Å². The van der Waals surface area contributed by atoms with E-state index in [1.54, 1.807) is 31.5 Å². The smallest absolute Gasteiger partial charge is 0.246 e. The topological polar surface area (TPSA) is 102 Å². The summed E-state index contributed by atoms with van der Waals surface area (Å²) in [7, 11) is 1.78. The average Bonchev–Trinajstić information content (AvgIpc) is 3.71. The number of carbonyl (C=O) groups excluding carboxylic acids is 5. The van der Waals surface area contributed by atoms with Crippen LogP contribution in [0.5, 0.6) is 0 Å². The van der Waals surface area contributed by atoms with Gasteiger partial charge in [0.1, 0.15) is 24.2 Å². The van der Waals surface area contributed by atoms with Gasteiger partial charge in [0.2, 0.25) is 29.5 Å². The van der Waals surface area contributed by atoms with E-state index in [-0.39, 0.29) is 29.5 Å². The molecule has 4 aliphatic heterocycles. The van der Waals surface area contributed by atoms with Crippen LogP contribution in [0.3, 0.4) is 0 Å². The minimum Gasteiger partial charge on any atom is -0.344 e. The molecule has 10 heteroatoms. The molecule has 0 aromatic carbocycles. The number of hydrogen-bond acceptors (Lipinski definition) is 5. The van der Waals surface area contributed by atoms with Crippen molar-refractivity contribution in [2.75, 3.05) is 39.8 Å². The van der Waals surface area contributed by atoms with Crippen molar-refractivity contribution in [1.29, 1.82) is 0 Å². The van der Waals surface area contributed by atoms with Crippen molar-refractivity contribution < 1.29 is 24.0 Å². The monoisotopic (exact) mass is 545 g/mol. The fraction of sp³-hybridized carbons (Fsp3) is 0.828. The fourth-order valence-corrected chi connectivity index (χ4v) is 6.83. The Bertz CT molecular complexity index is 978. The third-order valence-corrected chi connectivity index (χ3v) is 8.84. The van der Waals surface area contributed by atoms with Gasteiger partial charge in [-0.1, -0.05) is 27.7 Å². The molecule has 0 aliphatic carbocycles. The molecule has 0 radical (unpaired) electrons. The molecule has 5 amide bonds. The van der Waals surface area contributed by atoms with Crippen LogP contribution >= 0.6 is 0 Å². The Morgan fingerprint density at radius 3 is 1.41 bits per heavy atom. The van der Waals surface area contributed by atoms with Gasteiger partial charge in [-0.05, 0) is 57.8 Å². The van der Waals surface area contributed by atoms with Crippen molar-refractivity contribution in [3.05, 3.63) is 0 Å². The number of nitrogens with zero attached hydrogens (tertiary/aromatic N) is 5. The molecule has 4 heterocycles. The normalized spacial score (nSPS) is 27.4. The van der Waals surface area contributed by atoms with Crippen molar-refractivity contribution in [1.82, 2.24) is 24.5 Å². The number of hydrogen-bond donors (Lipinski definition) is 0. The molecule has 0 unspecified atom stereocenters. The van der Waals surface area contributed by atoms with Crippen LogP contribution in [0.25, 0.3) is 0 Å². The van der Waals surface area contributed by atoms with Crippen LogP contribution in [0.2, 0.25) is 0 Å². The third-order valence-electron chi connectivity index (χ3n) is 8.84. The van der Waals surface area contributed by atoms with Gasteiger partial charge in [0.05, 0.1) is 0 Å². The highest BCUT2D eigenvalue weighted by atomic mass is 16.2. The van der Waals surface area contributed by atoms with Gasteiger partial charge in [-0.25, -0.2) is 0 Å². The summed E-state index contributed by atoms with van der Waals surface area (Å²) in [5, 5.41) is 0. The molecule has 4 atom stereocenters. The van der Waals surface area contributed by atoms with E-state index in [9.17, 15) is 24.0 Å². The summed E-state index contributed by atoms with van der Waals surface area (Å²) in [6.07, 6.45) is 6.25. The molecule has 0 N–H and O–H groups in total. The SMILES string of the molecule is CCCN(C)C(=O)[C@@H]1CCCN1C(=O)[C@@H]1CCCN1C(=O)[C@@H]1CCCN1C(=O)[C@@H]1CCCN1C(=O)C(C)(C)C. The molecular formula is C29H47N5O5. The second kappa shape index (κ2) is 11.8. The second-order valence-corrected chi connectivity index (χ2v) is 12.7. The van der Waals surface area contributed by atoms with E-state index in [4.69, 9.17) is 0 Å². The van der Waals surface area contributed by atoms with Crippen LogP contribution in [0.15, 0.2) is 0 Å². The third kappa shape index (κ3) is 5.80. The molecule has 0 aromatic rings. The summed E-state index contributed by atoms with van der Waals surface area (Å²) in [4.78, 5) is 75.9. The lowest BCUT2D eigenvalue weighted by atomic mass is 9.94. The van der Waals surface area contributed by atoms with Gasteiger partial charge < -0.3 is 24.5 Å². The summed E-state index contributed by atoms with van der Waals surface area (Å²) in [5.41, 5.74) is -0.577. The maximum atomic E-state index is 13.9. The number of rotatable bonds is 6. The second-order valence-electron chi connectivity index (χ2n) is 12.7. The van der Waals surface area contributed by atoms with Crippen LogP contribution in [0.1, 0.15) is 85.5 Å². The van der Waals surface area contributed by atoms with Crippen LogP contribution < -0.4 is 0 Å². The highest BCUT2D eigenvalue weighted by molar-refractivity contribution is 5.96. The summed E-state index contributed by atoms with van der Waals surface area (Å²) in [5.74, 6) is -0.530. The Labute approximate surface area is 233 Å². The first-order valence-corrected chi connectivity index (χ1v) is 14.9. The summed E-state index contributed by atoms with van der Waals surface area (Å²) in [6, 6.07) is -2.20. The van der Waals surface area contributed by atoms with Gasteiger partial charge in [-0.15, -0.1) is 0 Å². The van der Waals surface area contributed by atoms with E-state index >= 15 is 0 Å². The first-order chi connectivity index (χ1) is 18.5. The zero-order valence-corrected chi connectivity index (χ0v) is 24.5. The van der Waals surface area contributed by atoms with E-state index < -0.39 is 29.6 Å². The number of carbonyl (C=O) groups is 5. The van der Waals surface area contributed by atoms with Gasteiger partial charge >= 0.3 is 0 Å². The molecule has 10 nitrogen and oxygen atoms in total. The standard InChI is InChI=1S/C29H47N5O5/c1-6-15-30(5)24(35)20-11-7-16-31(20)25(36)21-12-8-17-32(21)26(37)22-13-9-18-33(22)27(38)23-14-10-19-34(23)28(39)29(2,3)4/h20-23H,6-19H2,1-5H3/t20-,21-,22-,23-/m0/s1. The molecule has 0 saturated carbocycles. The van der Waals surface area contributed by atoms with Crippen LogP contribution in [-0.2, 0) is 24.0 Å². The van der Waals surface area contributed by atoms with Crippen LogP contribution in [0, 0.1) is 5.41 Å². The molecule has 0 spiro atoms. The Morgan fingerprint density at radius 2 is 1.00 bits per heavy atom. The van der Waals surface area contributed by atoms with Crippen LogP contribution in [0.4, 0.5) is 0 Å². The lowest BCUT2D eigenvalue weighted by molar-refractivity contribution is -0.154. The molecule has 4 fully saturated rings. The van der Waals surface area contributed by atoms with Gasteiger partial charge in [0, 0.05) is 45.2 Å². The highest BCUT2D eigenvalue weighted by Crippen LogP contribution is 2.32. The Hall–Kier alpha value is -2.65. The predicted molar refractivity (Wildman–Crippen MR) is 146 cm³/mol. The average molecular weight is 546 g/mol. The minimum absolute atomic E-state index is 0.0305.